The molecule has 1 fully saturated rings. The molecule has 0 aliphatic carbocycles. The first-order valence-corrected chi connectivity index (χ1v) is 10.5. The molecule has 2 aromatic rings. The first kappa shape index (κ1) is 21.7. The molecule has 1 aromatic carbocycles. The number of methoxy groups -OCH3 is 1. The van der Waals surface area contributed by atoms with Gasteiger partial charge in [0.15, 0.2) is 11.6 Å². The summed E-state index contributed by atoms with van der Waals surface area (Å²) in [6.07, 6.45) is 11.1. The molecule has 0 radical (unpaired) electrons. The lowest BCUT2D eigenvalue weighted by molar-refractivity contribution is 0.237. The number of piperidine rings is 1. The van der Waals surface area contributed by atoms with Gasteiger partial charge in [-0.3, -0.25) is 0 Å². The molecule has 160 valence electrons. The quantitative estimate of drug-likeness (QED) is 0.640. The number of terminal acetylenes is 1. The summed E-state index contributed by atoms with van der Waals surface area (Å²) in [5.41, 5.74) is 7.73. The number of hydrogen-bond donors (Lipinski definition) is 2. The zero-order valence-corrected chi connectivity index (χ0v) is 18.1. The first-order valence-electron chi connectivity index (χ1n) is 10.5. The number of anilines is 2. The molecule has 30 heavy (non-hydrogen) atoms. The summed E-state index contributed by atoms with van der Waals surface area (Å²) < 4.78 is 11.5. The highest BCUT2D eigenvalue weighted by molar-refractivity contribution is 5.57. The van der Waals surface area contributed by atoms with Crippen LogP contribution in [-0.2, 0) is 0 Å². The molecule has 1 aliphatic heterocycles. The summed E-state index contributed by atoms with van der Waals surface area (Å²) in [6, 6.07) is 3.70. The number of nitrogen functional groups attached to an aromatic ring is 1. The van der Waals surface area contributed by atoms with E-state index in [2.05, 4.69) is 40.0 Å². The highest BCUT2D eigenvalue weighted by atomic mass is 16.5. The average molecular weight is 410 g/mol. The average Bonchev–Trinajstić information content (AvgIpc) is 2.75. The summed E-state index contributed by atoms with van der Waals surface area (Å²) in [5.74, 6) is 5.28. The predicted octanol–water partition coefficient (Wildman–Crippen LogP) is 3.86. The van der Waals surface area contributed by atoms with Crippen molar-refractivity contribution in [3.05, 3.63) is 29.5 Å². The maximum Gasteiger partial charge on any atom is 0.224 e. The van der Waals surface area contributed by atoms with Gasteiger partial charge in [-0.25, -0.2) is 4.98 Å². The lowest BCUT2D eigenvalue weighted by Gasteiger charge is -2.26. The summed E-state index contributed by atoms with van der Waals surface area (Å²) in [7, 11) is 1.60. The third-order valence-electron chi connectivity index (χ3n) is 5.27. The van der Waals surface area contributed by atoms with Gasteiger partial charge in [0.1, 0.15) is 11.5 Å². The second-order valence-electron chi connectivity index (χ2n) is 7.76. The Morgan fingerprint density at radius 3 is 2.60 bits per heavy atom. The van der Waals surface area contributed by atoms with Gasteiger partial charge in [0.25, 0.3) is 0 Å². The maximum absolute atomic E-state index is 6.15. The van der Waals surface area contributed by atoms with E-state index in [4.69, 9.17) is 21.6 Å². The Kier molecular flexibility index (Phi) is 7.36. The first-order chi connectivity index (χ1) is 14.5. The van der Waals surface area contributed by atoms with Crippen molar-refractivity contribution < 1.29 is 9.47 Å². The van der Waals surface area contributed by atoms with Crippen LogP contribution in [0.25, 0.3) is 0 Å². The Labute approximate surface area is 179 Å². The Bertz CT molecular complexity index is 901. The number of ether oxygens (including phenoxy) is 2. The van der Waals surface area contributed by atoms with Crippen molar-refractivity contribution in [3.63, 3.8) is 0 Å². The predicted molar refractivity (Wildman–Crippen MR) is 120 cm³/mol. The van der Waals surface area contributed by atoms with Crippen molar-refractivity contribution in [1.82, 2.24) is 14.9 Å². The van der Waals surface area contributed by atoms with Crippen LogP contribution in [0.3, 0.4) is 0 Å². The van der Waals surface area contributed by atoms with Gasteiger partial charge in [0.2, 0.25) is 5.95 Å². The number of aromatic nitrogens is 2. The van der Waals surface area contributed by atoms with E-state index in [1.54, 1.807) is 19.4 Å². The van der Waals surface area contributed by atoms with E-state index >= 15 is 0 Å². The van der Waals surface area contributed by atoms with E-state index in [9.17, 15) is 0 Å². The summed E-state index contributed by atoms with van der Waals surface area (Å²) >= 11 is 0. The normalized spacial score (nSPS) is 14.4. The zero-order valence-electron chi connectivity index (χ0n) is 18.1. The standard InChI is InChI=1S/C23H31N5O2/c1-5-17-13-20(18(16(2)3)14-19(17)29-4)30-21-15-26-23(27-22(21)24)25-9-12-28-10-7-6-8-11-28/h1,13-16H,6-12H2,2-4H3,(H3,24,25,26,27). The third kappa shape index (κ3) is 5.33. The maximum atomic E-state index is 6.15. The van der Waals surface area contributed by atoms with Crippen LogP contribution in [0.5, 0.6) is 17.2 Å². The molecule has 0 saturated carbocycles. The molecule has 1 saturated heterocycles. The van der Waals surface area contributed by atoms with Crippen LogP contribution in [0, 0.1) is 12.3 Å². The molecule has 2 heterocycles. The van der Waals surface area contributed by atoms with Crippen molar-refractivity contribution in [2.24, 2.45) is 0 Å². The van der Waals surface area contributed by atoms with Crippen LogP contribution in [-0.4, -0.2) is 48.2 Å². The van der Waals surface area contributed by atoms with Gasteiger partial charge < -0.3 is 25.4 Å². The van der Waals surface area contributed by atoms with Crippen LogP contribution < -0.4 is 20.5 Å². The van der Waals surface area contributed by atoms with Gasteiger partial charge in [-0.1, -0.05) is 26.2 Å². The van der Waals surface area contributed by atoms with Crippen LogP contribution in [0.15, 0.2) is 18.3 Å². The van der Waals surface area contributed by atoms with Crippen molar-refractivity contribution in [2.75, 3.05) is 44.3 Å². The van der Waals surface area contributed by atoms with E-state index < -0.39 is 0 Å². The van der Waals surface area contributed by atoms with Gasteiger partial charge in [0, 0.05) is 24.7 Å². The Morgan fingerprint density at radius 1 is 1.20 bits per heavy atom. The number of benzene rings is 1. The third-order valence-corrected chi connectivity index (χ3v) is 5.27. The molecule has 0 atom stereocenters. The van der Waals surface area contributed by atoms with Crippen LogP contribution in [0.2, 0.25) is 0 Å². The van der Waals surface area contributed by atoms with Crippen LogP contribution >= 0.6 is 0 Å². The summed E-state index contributed by atoms with van der Waals surface area (Å²) in [5, 5.41) is 3.24. The van der Waals surface area contributed by atoms with Gasteiger partial charge in [-0.15, -0.1) is 6.42 Å². The molecule has 7 heteroatoms. The largest absolute Gasteiger partial charge is 0.495 e. The molecule has 0 spiro atoms. The van der Waals surface area contributed by atoms with Gasteiger partial charge in [0.05, 0.1) is 18.9 Å². The van der Waals surface area contributed by atoms with Gasteiger partial charge in [-0.05, 0) is 37.9 Å². The van der Waals surface area contributed by atoms with Crippen molar-refractivity contribution in [3.8, 4) is 29.6 Å². The highest BCUT2D eigenvalue weighted by Gasteiger charge is 2.16. The van der Waals surface area contributed by atoms with Crippen molar-refractivity contribution in [2.45, 2.75) is 39.0 Å². The Balaban J connectivity index is 1.70. The van der Waals surface area contributed by atoms with Crippen LogP contribution in [0.4, 0.5) is 11.8 Å². The van der Waals surface area contributed by atoms with Crippen molar-refractivity contribution >= 4 is 11.8 Å². The molecule has 1 aromatic heterocycles. The fraction of sp³-hybridized carbons (Fsp3) is 0.478. The smallest absolute Gasteiger partial charge is 0.224 e. The fourth-order valence-corrected chi connectivity index (χ4v) is 3.57. The molecule has 0 amide bonds. The minimum absolute atomic E-state index is 0.207. The van der Waals surface area contributed by atoms with Gasteiger partial charge >= 0.3 is 0 Å². The lowest BCUT2D eigenvalue weighted by Crippen LogP contribution is -2.33. The second-order valence-corrected chi connectivity index (χ2v) is 7.76. The number of hydrogen-bond acceptors (Lipinski definition) is 7. The topological polar surface area (TPSA) is 85.5 Å². The number of nitrogens with two attached hydrogens (primary N) is 1. The summed E-state index contributed by atoms with van der Waals surface area (Å²) in [6.45, 7) is 8.23. The zero-order chi connectivity index (χ0) is 21.5. The molecular weight excluding hydrogens is 378 g/mol. The Hall–Kier alpha value is -2.98. The second kappa shape index (κ2) is 10.2. The molecule has 3 rings (SSSR count). The van der Waals surface area contributed by atoms with Gasteiger partial charge in [-0.2, -0.15) is 4.98 Å². The minimum atomic E-state index is 0.207. The number of likely N-dealkylation sites (tertiary alicyclic amines) is 1. The van der Waals surface area contributed by atoms with Crippen LogP contribution in [0.1, 0.15) is 50.2 Å². The lowest BCUT2D eigenvalue weighted by atomic mass is 9.99. The number of nitrogens with zero attached hydrogens (tertiary/aromatic N) is 3. The molecular formula is C23H31N5O2. The molecule has 3 N–H and O–H groups in total. The fourth-order valence-electron chi connectivity index (χ4n) is 3.57. The minimum Gasteiger partial charge on any atom is -0.495 e. The van der Waals surface area contributed by atoms with E-state index in [0.29, 0.717) is 28.8 Å². The monoisotopic (exact) mass is 409 g/mol. The molecule has 7 nitrogen and oxygen atoms in total. The van der Waals surface area contributed by atoms with E-state index in [1.807, 2.05) is 6.07 Å². The molecule has 0 bridgehead atoms. The Morgan fingerprint density at radius 2 is 1.97 bits per heavy atom. The van der Waals surface area contributed by atoms with E-state index in [0.717, 1.165) is 31.7 Å². The van der Waals surface area contributed by atoms with E-state index in [-0.39, 0.29) is 11.7 Å². The number of nitrogens with one attached hydrogen (secondary N) is 1. The highest BCUT2D eigenvalue weighted by Crippen LogP contribution is 2.37. The number of rotatable bonds is 8. The van der Waals surface area contributed by atoms with E-state index in [1.165, 1.54) is 19.3 Å². The SMILES string of the molecule is C#Cc1cc(Oc2cnc(NCCN3CCCCC3)nc2N)c(C(C)C)cc1OC. The summed E-state index contributed by atoms with van der Waals surface area (Å²) in [4.78, 5) is 11.2. The molecule has 1 aliphatic rings. The molecule has 0 unspecified atom stereocenters. The van der Waals surface area contributed by atoms with Crippen molar-refractivity contribution in [1.29, 1.82) is 0 Å².